The average molecular weight is 425 g/mol. The molecule has 23 heavy (non-hydrogen) atoms. The van der Waals surface area contributed by atoms with Crippen LogP contribution in [0.15, 0.2) is 48.5 Å². The number of benzene rings is 2. The molecule has 0 bridgehead atoms. The van der Waals surface area contributed by atoms with E-state index in [1.807, 2.05) is 36.4 Å². The Morgan fingerprint density at radius 1 is 1.09 bits per heavy atom. The van der Waals surface area contributed by atoms with Crippen LogP contribution in [0.2, 0.25) is 0 Å². The molecule has 0 saturated heterocycles. The van der Waals surface area contributed by atoms with Gasteiger partial charge in [-0.3, -0.25) is 4.79 Å². The van der Waals surface area contributed by atoms with Crippen molar-refractivity contribution in [2.24, 2.45) is 5.92 Å². The highest BCUT2D eigenvalue weighted by Crippen LogP contribution is 2.20. The number of anilines is 1. The summed E-state index contributed by atoms with van der Waals surface area (Å²) in [5.74, 6) is 1.62. The van der Waals surface area contributed by atoms with Crippen molar-refractivity contribution < 1.29 is 14.3 Å². The summed E-state index contributed by atoms with van der Waals surface area (Å²) in [5.41, 5.74) is 0.757. The average Bonchev–Trinajstić information content (AvgIpc) is 2.54. The first kappa shape index (κ1) is 17.6. The van der Waals surface area contributed by atoms with Crippen molar-refractivity contribution in [1.82, 2.24) is 0 Å². The minimum absolute atomic E-state index is 0.0420. The van der Waals surface area contributed by atoms with E-state index in [2.05, 4.69) is 41.8 Å². The third-order valence-electron chi connectivity index (χ3n) is 2.89. The van der Waals surface area contributed by atoms with Gasteiger partial charge in [-0.05, 0) is 64.9 Å². The normalized spacial score (nSPS) is 10.4. The van der Waals surface area contributed by atoms with E-state index in [-0.39, 0.29) is 12.5 Å². The van der Waals surface area contributed by atoms with Crippen LogP contribution in [0.1, 0.15) is 13.8 Å². The summed E-state index contributed by atoms with van der Waals surface area (Å²) in [5, 5.41) is 2.80. The van der Waals surface area contributed by atoms with Gasteiger partial charge in [0.15, 0.2) is 6.61 Å². The van der Waals surface area contributed by atoms with Crippen LogP contribution in [0.5, 0.6) is 11.5 Å². The Hall–Kier alpha value is -1.76. The van der Waals surface area contributed by atoms with Crippen LogP contribution in [-0.2, 0) is 4.79 Å². The lowest BCUT2D eigenvalue weighted by Gasteiger charge is -2.11. The van der Waals surface area contributed by atoms with E-state index in [0.29, 0.717) is 18.3 Å². The molecule has 0 atom stereocenters. The molecule has 0 heterocycles. The fraction of sp³-hybridized carbons (Fsp3) is 0.278. The molecule has 2 rings (SSSR count). The van der Waals surface area contributed by atoms with Crippen LogP contribution in [-0.4, -0.2) is 19.1 Å². The minimum Gasteiger partial charge on any atom is -0.493 e. The van der Waals surface area contributed by atoms with Crippen LogP contribution in [0, 0.1) is 9.49 Å². The summed E-state index contributed by atoms with van der Waals surface area (Å²) in [6.45, 7) is 4.79. The molecule has 1 N–H and O–H groups in total. The Balaban J connectivity index is 1.84. The molecule has 2 aromatic rings. The number of rotatable bonds is 7. The van der Waals surface area contributed by atoms with E-state index in [4.69, 9.17) is 9.47 Å². The summed E-state index contributed by atoms with van der Waals surface area (Å²) in [6.07, 6.45) is 0. The molecule has 0 aliphatic rings. The maximum absolute atomic E-state index is 11.9. The number of ether oxygens (including phenoxy) is 2. The second-order valence-corrected chi connectivity index (χ2v) is 6.77. The molecule has 0 saturated carbocycles. The standard InChI is InChI=1S/C18H20INO3/c1-13(2)11-22-16-4-3-5-17(10-16)23-12-18(21)20-15-8-6-14(19)7-9-15/h3-10,13H,11-12H2,1-2H3,(H,20,21). The van der Waals surface area contributed by atoms with E-state index in [0.717, 1.165) is 15.0 Å². The minimum atomic E-state index is -0.195. The third kappa shape index (κ3) is 6.48. The van der Waals surface area contributed by atoms with Crippen molar-refractivity contribution in [2.45, 2.75) is 13.8 Å². The Morgan fingerprint density at radius 3 is 2.39 bits per heavy atom. The van der Waals surface area contributed by atoms with Gasteiger partial charge in [-0.2, -0.15) is 0 Å². The Kier molecular flexibility index (Phi) is 6.70. The fourth-order valence-electron chi connectivity index (χ4n) is 1.80. The van der Waals surface area contributed by atoms with Crippen molar-refractivity contribution in [3.8, 4) is 11.5 Å². The Bertz CT molecular complexity index is 641. The summed E-state index contributed by atoms with van der Waals surface area (Å²) in [4.78, 5) is 11.9. The van der Waals surface area contributed by atoms with E-state index < -0.39 is 0 Å². The van der Waals surface area contributed by atoms with Gasteiger partial charge in [0.25, 0.3) is 5.91 Å². The van der Waals surface area contributed by atoms with E-state index >= 15 is 0 Å². The number of hydrogen-bond acceptors (Lipinski definition) is 3. The second kappa shape index (κ2) is 8.76. The van der Waals surface area contributed by atoms with Crippen LogP contribution in [0.3, 0.4) is 0 Å². The van der Waals surface area contributed by atoms with Crippen molar-refractivity contribution in [2.75, 3.05) is 18.5 Å². The quantitative estimate of drug-likeness (QED) is 0.672. The lowest BCUT2D eigenvalue weighted by Crippen LogP contribution is -2.20. The molecule has 1 amide bonds. The van der Waals surface area contributed by atoms with Gasteiger partial charge in [0, 0.05) is 15.3 Å². The summed E-state index contributed by atoms with van der Waals surface area (Å²) < 4.78 is 12.3. The highest BCUT2D eigenvalue weighted by atomic mass is 127. The molecule has 0 unspecified atom stereocenters. The van der Waals surface area contributed by atoms with Gasteiger partial charge in [-0.15, -0.1) is 0 Å². The largest absolute Gasteiger partial charge is 0.493 e. The zero-order valence-corrected chi connectivity index (χ0v) is 15.4. The van der Waals surface area contributed by atoms with Crippen molar-refractivity contribution >= 4 is 34.2 Å². The zero-order chi connectivity index (χ0) is 16.7. The lowest BCUT2D eigenvalue weighted by molar-refractivity contribution is -0.118. The topological polar surface area (TPSA) is 47.6 Å². The first-order chi connectivity index (χ1) is 11.0. The van der Waals surface area contributed by atoms with Crippen LogP contribution in [0.4, 0.5) is 5.69 Å². The zero-order valence-electron chi connectivity index (χ0n) is 13.2. The molecule has 122 valence electrons. The van der Waals surface area contributed by atoms with Gasteiger partial charge < -0.3 is 14.8 Å². The van der Waals surface area contributed by atoms with Gasteiger partial charge >= 0.3 is 0 Å². The van der Waals surface area contributed by atoms with E-state index in [1.54, 1.807) is 12.1 Å². The van der Waals surface area contributed by atoms with E-state index in [9.17, 15) is 4.79 Å². The molecule has 0 aliphatic carbocycles. The van der Waals surface area contributed by atoms with E-state index in [1.165, 1.54) is 0 Å². The number of amides is 1. The first-order valence-electron chi connectivity index (χ1n) is 7.44. The highest BCUT2D eigenvalue weighted by molar-refractivity contribution is 14.1. The van der Waals surface area contributed by atoms with Gasteiger partial charge in [-0.25, -0.2) is 0 Å². The molecular formula is C18H20INO3. The summed E-state index contributed by atoms with van der Waals surface area (Å²) in [6, 6.07) is 14.9. The lowest BCUT2D eigenvalue weighted by atomic mass is 10.2. The number of carbonyl (C=O) groups excluding carboxylic acids is 1. The Labute approximate surface area is 150 Å². The van der Waals surface area contributed by atoms with Crippen LogP contribution in [0.25, 0.3) is 0 Å². The van der Waals surface area contributed by atoms with Gasteiger partial charge in [-0.1, -0.05) is 19.9 Å². The fourth-order valence-corrected chi connectivity index (χ4v) is 2.16. The smallest absolute Gasteiger partial charge is 0.262 e. The molecule has 0 spiro atoms. The molecule has 4 nitrogen and oxygen atoms in total. The monoisotopic (exact) mass is 425 g/mol. The Morgan fingerprint density at radius 2 is 1.74 bits per heavy atom. The van der Waals surface area contributed by atoms with Crippen LogP contribution < -0.4 is 14.8 Å². The maximum Gasteiger partial charge on any atom is 0.262 e. The third-order valence-corrected chi connectivity index (χ3v) is 3.61. The van der Waals surface area contributed by atoms with Crippen molar-refractivity contribution in [1.29, 1.82) is 0 Å². The second-order valence-electron chi connectivity index (χ2n) is 5.52. The SMILES string of the molecule is CC(C)COc1cccc(OCC(=O)Nc2ccc(I)cc2)c1. The van der Waals surface area contributed by atoms with Gasteiger partial charge in [0.1, 0.15) is 11.5 Å². The van der Waals surface area contributed by atoms with Gasteiger partial charge in [0.05, 0.1) is 6.61 Å². The summed E-state index contributed by atoms with van der Waals surface area (Å²) in [7, 11) is 0. The number of hydrogen-bond donors (Lipinski definition) is 1. The molecule has 5 heteroatoms. The molecular weight excluding hydrogens is 405 g/mol. The molecule has 0 aliphatic heterocycles. The highest BCUT2D eigenvalue weighted by Gasteiger charge is 2.05. The van der Waals surface area contributed by atoms with Gasteiger partial charge in [0.2, 0.25) is 0 Å². The molecule has 0 aromatic heterocycles. The van der Waals surface area contributed by atoms with Crippen molar-refractivity contribution in [3.63, 3.8) is 0 Å². The number of nitrogens with one attached hydrogen (secondary N) is 1. The molecule has 0 fully saturated rings. The summed E-state index contributed by atoms with van der Waals surface area (Å²) >= 11 is 2.22. The number of halogens is 1. The maximum atomic E-state index is 11.9. The predicted molar refractivity (Wildman–Crippen MR) is 100 cm³/mol. The van der Waals surface area contributed by atoms with Crippen molar-refractivity contribution in [3.05, 3.63) is 52.1 Å². The number of carbonyl (C=O) groups is 1. The molecule has 0 radical (unpaired) electrons. The van der Waals surface area contributed by atoms with Crippen LogP contribution >= 0.6 is 22.6 Å². The first-order valence-corrected chi connectivity index (χ1v) is 8.52. The molecule has 2 aromatic carbocycles. The predicted octanol–water partition coefficient (Wildman–Crippen LogP) is 4.34.